The molecule has 2 aromatic carbocycles. The summed E-state index contributed by atoms with van der Waals surface area (Å²) >= 11 is 0. The highest BCUT2D eigenvalue weighted by Gasteiger charge is 2.20. The number of hydrogen-bond donors (Lipinski definition) is 1. The monoisotopic (exact) mass is 432 g/mol. The lowest BCUT2D eigenvalue weighted by molar-refractivity contribution is -0.134. The molecule has 0 atom stereocenters. The van der Waals surface area contributed by atoms with Gasteiger partial charge in [0.2, 0.25) is 11.8 Å². The number of nitrogens with one attached hydrogen (secondary N) is 1. The molecule has 2 amide bonds. The van der Waals surface area contributed by atoms with Gasteiger partial charge in [-0.25, -0.2) is 4.68 Å². The SMILES string of the molecule is CCC(=O)N(CC(=O)Nc1cc(-c2ccccc2)nn1-c1ccc(C)cc1C)CC(C)C. The average Bonchev–Trinajstić information content (AvgIpc) is 3.16. The largest absolute Gasteiger partial charge is 0.333 e. The number of amides is 2. The van der Waals surface area contributed by atoms with Crippen molar-refractivity contribution in [3.63, 3.8) is 0 Å². The summed E-state index contributed by atoms with van der Waals surface area (Å²) in [5, 5.41) is 7.79. The summed E-state index contributed by atoms with van der Waals surface area (Å²) in [4.78, 5) is 26.9. The van der Waals surface area contributed by atoms with E-state index in [2.05, 4.69) is 11.4 Å². The zero-order valence-corrected chi connectivity index (χ0v) is 19.6. The molecule has 1 aromatic heterocycles. The predicted octanol–water partition coefficient (Wildman–Crippen LogP) is 4.99. The minimum absolute atomic E-state index is 0.0174. The van der Waals surface area contributed by atoms with Gasteiger partial charge < -0.3 is 10.2 Å². The summed E-state index contributed by atoms with van der Waals surface area (Å²) in [5.41, 5.74) is 4.86. The lowest BCUT2D eigenvalue weighted by atomic mass is 10.1. The second-order valence-electron chi connectivity index (χ2n) is 8.55. The fraction of sp³-hybridized carbons (Fsp3) is 0.346. The molecule has 0 aliphatic rings. The highest BCUT2D eigenvalue weighted by molar-refractivity contribution is 5.94. The molecule has 0 saturated heterocycles. The van der Waals surface area contributed by atoms with E-state index in [4.69, 9.17) is 5.10 Å². The molecule has 32 heavy (non-hydrogen) atoms. The normalized spacial score (nSPS) is 10.9. The molecule has 3 rings (SSSR count). The molecule has 6 heteroatoms. The lowest BCUT2D eigenvalue weighted by Crippen LogP contribution is -2.40. The van der Waals surface area contributed by atoms with Crippen LogP contribution in [0.4, 0.5) is 5.82 Å². The molecule has 1 N–H and O–H groups in total. The fourth-order valence-electron chi connectivity index (χ4n) is 3.72. The van der Waals surface area contributed by atoms with Crippen molar-refractivity contribution in [3.05, 3.63) is 65.7 Å². The van der Waals surface area contributed by atoms with Crippen LogP contribution < -0.4 is 5.32 Å². The van der Waals surface area contributed by atoms with Crippen molar-refractivity contribution in [3.8, 4) is 16.9 Å². The van der Waals surface area contributed by atoms with Crippen LogP contribution in [0, 0.1) is 19.8 Å². The first-order valence-electron chi connectivity index (χ1n) is 11.1. The summed E-state index contributed by atoms with van der Waals surface area (Å²) in [6, 6.07) is 17.9. The Morgan fingerprint density at radius 1 is 1.06 bits per heavy atom. The van der Waals surface area contributed by atoms with E-state index >= 15 is 0 Å². The summed E-state index contributed by atoms with van der Waals surface area (Å²) in [7, 11) is 0. The van der Waals surface area contributed by atoms with Crippen LogP contribution in [0.15, 0.2) is 54.6 Å². The van der Waals surface area contributed by atoms with Gasteiger partial charge in [-0.2, -0.15) is 5.10 Å². The zero-order valence-electron chi connectivity index (χ0n) is 19.6. The Labute approximate surface area is 190 Å². The molecular weight excluding hydrogens is 400 g/mol. The van der Waals surface area contributed by atoms with E-state index in [9.17, 15) is 9.59 Å². The summed E-state index contributed by atoms with van der Waals surface area (Å²) in [5.74, 6) is 0.595. The first-order chi connectivity index (χ1) is 15.3. The molecule has 1 heterocycles. The van der Waals surface area contributed by atoms with Gasteiger partial charge in [0.15, 0.2) is 0 Å². The number of nitrogens with zero attached hydrogens (tertiary/aromatic N) is 3. The van der Waals surface area contributed by atoms with Crippen molar-refractivity contribution in [1.29, 1.82) is 0 Å². The van der Waals surface area contributed by atoms with Gasteiger partial charge in [-0.15, -0.1) is 0 Å². The highest BCUT2D eigenvalue weighted by Crippen LogP contribution is 2.26. The maximum Gasteiger partial charge on any atom is 0.245 e. The van der Waals surface area contributed by atoms with Crippen LogP contribution in [0.2, 0.25) is 0 Å². The van der Waals surface area contributed by atoms with E-state index in [1.54, 1.807) is 9.58 Å². The van der Waals surface area contributed by atoms with E-state index in [0.717, 1.165) is 28.1 Å². The molecule has 0 unspecified atom stereocenters. The molecule has 168 valence electrons. The molecule has 0 radical (unpaired) electrons. The van der Waals surface area contributed by atoms with Crippen molar-refractivity contribution in [2.45, 2.75) is 41.0 Å². The smallest absolute Gasteiger partial charge is 0.245 e. The van der Waals surface area contributed by atoms with E-state index < -0.39 is 0 Å². The number of hydrogen-bond acceptors (Lipinski definition) is 3. The van der Waals surface area contributed by atoms with Crippen LogP contribution in [-0.2, 0) is 9.59 Å². The third kappa shape index (κ3) is 5.63. The number of anilines is 1. The first-order valence-corrected chi connectivity index (χ1v) is 11.1. The molecule has 0 aliphatic heterocycles. The third-order valence-electron chi connectivity index (χ3n) is 5.20. The van der Waals surface area contributed by atoms with Gasteiger partial charge in [0.1, 0.15) is 5.82 Å². The number of carbonyl (C=O) groups is 2. The standard InChI is InChI=1S/C26H32N4O2/c1-6-26(32)29(16-18(2)3)17-25(31)27-24-15-22(21-10-8-7-9-11-21)28-30(24)23-13-12-19(4)14-20(23)5/h7-15,18H,6,16-17H2,1-5H3,(H,27,31). The van der Waals surface area contributed by atoms with Gasteiger partial charge in [0.25, 0.3) is 0 Å². The van der Waals surface area contributed by atoms with E-state index in [-0.39, 0.29) is 24.3 Å². The Hall–Kier alpha value is -3.41. The molecule has 6 nitrogen and oxygen atoms in total. The van der Waals surface area contributed by atoms with Gasteiger partial charge in [-0.05, 0) is 31.4 Å². The van der Waals surface area contributed by atoms with Crippen LogP contribution in [0.1, 0.15) is 38.3 Å². The number of carbonyl (C=O) groups excluding carboxylic acids is 2. The molecule has 0 spiro atoms. The molecule has 0 bridgehead atoms. The van der Waals surface area contributed by atoms with Crippen molar-refractivity contribution in [2.24, 2.45) is 5.92 Å². The number of aryl methyl sites for hydroxylation is 2. The van der Waals surface area contributed by atoms with Crippen molar-refractivity contribution < 1.29 is 9.59 Å². The first kappa shape index (κ1) is 23.3. The second-order valence-corrected chi connectivity index (χ2v) is 8.55. The Morgan fingerprint density at radius 2 is 1.78 bits per heavy atom. The van der Waals surface area contributed by atoms with E-state index in [1.807, 2.05) is 83.1 Å². The number of rotatable bonds is 8. The minimum atomic E-state index is -0.238. The molecule has 3 aromatic rings. The van der Waals surface area contributed by atoms with Crippen LogP contribution >= 0.6 is 0 Å². The van der Waals surface area contributed by atoms with Gasteiger partial charge in [0, 0.05) is 24.6 Å². The predicted molar refractivity (Wildman–Crippen MR) is 129 cm³/mol. The highest BCUT2D eigenvalue weighted by atomic mass is 16.2. The Kier molecular flexibility index (Phi) is 7.46. The zero-order chi connectivity index (χ0) is 23.3. The van der Waals surface area contributed by atoms with Crippen molar-refractivity contribution in [1.82, 2.24) is 14.7 Å². The average molecular weight is 433 g/mol. The van der Waals surface area contributed by atoms with E-state index in [1.165, 1.54) is 0 Å². The van der Waals surface area contributed by atoms with Gasteiger partial charge >= 0.3 is 0 Å². The van der Waals surface area contributed by atoms with Crippen LogP contribution in [-0.4, -0.2) is 39.6 Å². The Morgan fingerprint density at radius 3 is 2.41 bits per heavy atom. The number of benzene rings is 2. The maximum atomic E-state index is 12.9. The number of aromatic nitrogens is 2. The maximum absolute atomic E-state index is 12.9. The molecule has 0 fully saturated rings. The van der Waals surface area contributed by atoms with Gasteiger partial charge in [-0.1, -0.05) is 68.8 Å². The van der Waals surface area contributed by atoms with Gasteiger partial charge in [-0.3, -0.25) is 9.59 Å². The van der Waals surface area contributed by atoms with Gasteiger partial charge in [0.05, 0.1) is 17.9 Å². The molecule has 0 aliphatic carbocycles. The minimum Gasteiger partial charge on any atom is -0.333 e. The van der Waals surface area contributed by atoms with Crippen LogP contribution in [0.3, 0.4) is 0 Å². The molecule has 0 saturated carbocycles. The quantitative estimate of drug-likeness (QED) is 0.545. The second kappa shape index (κ2) is 10.3. The Bertz CT molecular complexity index is 1090. The van der Waals surface area contributed by atoms with Crippen LogP contribution in [0.5, 0.6) is 0 Å². The summed E-state index contributed by atoms with van der Waals surface area (Å²) in [6.07, 6.45) is 0.374. The Balaban J connectivity index is 1.94. The summed E-state index contributed by atoms with van der Waals surface area (Å²) < 4.78 is 1.77. The third-order valence-corrected chi connectivity index (χ3v) is 5.20. The topological polar surface area (TPSA) is 67.2 Å². The lowest BCUT2D eigenvalue weighted by Gasteiger charge is -2.23. The van der Waals surface area contributed by atoms with Crippen molar-refractivity contribution in [2.75, 3.05) is 18.4 Å². The fourth-order valence-corrected chi connectivity index (χ4v) is 3.72. The summed E-state index contributed by atoms with van der Waals surface area (Å²) in [6.45, 7) is 10.5. The molecular formula is C26H32N4O2. The van der Waals surface area contributed by atoms with Crippen LogP contribution in [0.25, 0.3) is 16.9 Å². The van der Waals surface area contributed by atoms with E-state index in [0.29, 0.717) is 18.8 Å². The van der Waals surface area contributed by atoms with Crippen molar-refractivity contribution >= 4 is 17.6 Å².